The van der Waals surface area contributed by atoms with E-state index in [9.17, 15) is 13.2 Å². The maximum absolute atomic E-state index is 12.5. The van der Waals surface area contributed by atoms with Gasteiger partial charge in [0, 0.05) is 22.7 Å². The van der Waals surface area contributed by atoms with Crippen LogP contribution in [0.5, 0.6) is 0 Å². The lowest BCUT2D eigenvalue weighted by atomic mass is 10.0. The van der Waals surface area contributed by atoms with Crippen LogP contribution in [0.1, 0.15) is 25.0 Å². The number of benzene rings is 2. The number of hydrogen-bond donors (Lipinski definition) is 2. The lowest BCUT2D eigenvalue weighted by Gasteiger charge is -2.07. The van der Waals surface area contributed by atoms with Crippen LogP contribution in [0, 0.1) is 5.92 Å². The minimum atomic E-state index is -3.77. The number of aromatic nitrogens is 1. The van der Waals surface area contributed by atoms with E-state index in [1.54, 1.807) is 22.9 Å². The molecule has 2 aromatic carbocycles. The molecule has 0 saturated heterocycles. The third-order valence-corrected chi connectivity index (χ3v) is 5.64. The maximum atomic E-state index is 12.5. The summed E-state index contributed by atoms with van der Waals surface area (Å²) in [7, 11) is -3.77. The highest BCUT2D eigenvalue weighted by molar-refractivity contribution is 7.89. The van der Waals surface area contributed by atoms with Crippen LogP contribution in [0.15, 0.2) is 64.7 Å². The summed E-state index contributed by atoms with van der Waals surface area (Å²) in [5, 5.41) is 4.75. The maximum Gasteiger partial charge on any atom is 0.276 e. The molecule has 0 aliphatic rings. The molecule has 3 aromatic rings. The quantitative estimate of drug-likeness (QED) is 0.439. The van der Waals surface area contributed by atoms with Gasteiger partial charge in [0.1, 0.15) is 6.54 Å². The minimum Gasteiger partial charge on any atom is -0.368 e. The predicted molar refractivity (Wildman–Crippen MR) is 114 cm³/mol. The molecule has 152 valence electrons. The summed E-state index contributed by atoms with van der Waals surface area (Å²) in [5.74, 6) is 0.0349. The van der Waals surface area contributed by atoms with Crippen LogP contribution < -0.4 is 10.6 Å². The summed E-state index contributed by atoms with van der Waals surface area (Å²) in [6.07, 6.45) is 4.03. The summed E-state index contributed by atoms with van der Waals surface area (Å²) in [6, 6.07) is 14.2. The number of nitrogens with one attached hydrogen (secondary N) is 1. The van der Waals surface area contributed by atoms with Gasteiger partial charge in [-0.1, -0.05) is 44.2 Å². The molecule has 3 rings (SSSR count). The van der Waals surface area contributed by atoms with E-state index >= 15 is 0 Å². The Morgan fingerprint density at radius 1 is 1.17 bits per heavy atom. The molecular weight excluding hydrogens is 388 g/mol. The Bertz CT molecular complexity index is 1150. The SMILES string of the molecule is CC(C)Cc1ccc(S(=O)(=O)N/N=C\c2cn(CC(N)=O)c3ccccc23)cc1. The van der Waals surface area contributed by atoms with Crippen molar-refractivity contribution in [3.05, 3.63) is 65.9 Å². The lowest BCUT2D eigenvalue weighted by molar-refractivity contribution is -0.118. The zero-order valence-corrected chi connectivity index (χ0v) is 17.2. The summed E-state index contributed by atoms with van der Waals surface area (Å²) in [6.45, 7) is 4.26. The van der Waals surface area contributed by atoms with Gasteiger partial charge in [-0.25, -0.2) is 4.83 Å². The molecule has 0 radical (unpaired) electrons. The van der Waals surface area contributed by atoms with E-state index in [1.165, 1.54) is 6.21 Å². The molecule has 0 spiro atoms. The highest BCUT2D eigenvalue weighted by Crippen LogP contribution is 2.20. The molecule has 29 heavy (non-hydrogen) atoms. The van der Waals surface area contributed by atoms with Gasteiger partial charge in [-0.3, -0.25) is 4.79 Å². The van der Waals surface area contributed by atoms with Crippen LogP contribution in [0.2, 0.25) is 0 Å². The zero-order valence-electron chi connectivity index (χ0n) is 16.4. The number of amides is 1. The fourth-order valence-corrected chi connectivity index (χ4v) is 3.96. The summed E-state index contributed by atoms with van der Waals surface area (Å²) < 4.78 is 26.7. The van der Waals surface area contributed by atoms with Crippen molar-refractivity contribution >= 4 is 33.0 Å². The van der Waals surface area contributed by atoms with Crippen molar-refractivity contribution in [2.24, 2.45) is 16.8 Å². The predicted octanol–water partition coefficient (Wildman–Crippen LogP) is 2.64. The number of hydrazone groups is 1. The number of carbonyl (C=O) groups is 1. The molecule has 0 bridgehead atoms. The molecule has 0 atom stereocenters. The average molecular weight is 413 g/mol. The van der Waals surface area contributed by atoms with Gasteiger partial charge in [-0.2, -0.15) is 13.5 Å². The number of nitrogens with two attached hydrogens (primary N) is 1. The molecule has 0 fully saturated rings. The topological polar surface area (TPSA) is 107 Å². The first-order chi connectivity index (χ1) is 13.8. The highest BCUT2D eigenvalue weighted by atomic mass is 32.2. The molecule has 8 heteroatoms. The third-order valence-electron chi connectivity index (χ3n) is 4.40. The standard InChI is InChI=1S/C21H24N4O3S/c1-15(2)11-16-7-9-18(10-8-16)29(27,28)24-23-12-17-13-25(14-21(22)26)20-6-4-3-5-19(17)20/h3-10,12-13,15,24H,11,14H2,1-2H3,(H2,22,26)/b23-12-. The number of rotatable bonds is 8. The Balaban J connectivity index is 1.79. The molecule has 1 heterocycles. The van der Waals surface area contributed by atoms with Crippen LogP contribution in [0.3, 0.4) is 0 Å². The van der Waals surface area contributed by atoms with E-state index < -0.39 is 15.9 Å². The highest BCUT2D eigenvalue weighted by Gasteiger charge is 2.13. The van der Waals surface area contributed by atoms with Crippen LogP contribution in [-0.4, -0.2) is 25.1 Å². The van der Waals surface area contributed by atoms with Crippen molar-refractivity contribution in [2.45, 2.75) is 31.7 Å². The fourth-order valence-electron chi connectivity index (χ4n) is 3.17. The van der Waals surface area contributed by atoms with Crippen molar-refractivity contribution in [3.63, 3.8) is 0 Å². The van der Waals surface area contributed by atoms with Gasteiger partial charge in [0.05, 0.1) is 11.1 Å². The molecule has 0 saturated carbocycles. The third kappa shape index (κ3) is 5.03. The van der Waals surface area contributed by atoms with E-state index in [0.717, 1.165) is 22.9 Å². The number of fused-ring (bicyclic) bond motifs is 1. The number of primary amides is 1. The van der Waals surface area contributed by atoms with Crippen molar-refractivity contribution in [3.8, 4) is 0 Å². The molecular formula is C21H24N4O3S. The monoisotopic (exact) mass is 412 g/mol. The average Bonchev–Trinajstić information content (AvgIpc) is 2.99. The van der Waals surface area contributed by atoms with E-state index in [4.69, 9.17) is 5.73 Å². The van der Waals surface area contributed by atoms with Crippen LogP contribution in [0.25, 0.3) is 10.9 Å². The lowest BCUT2D eigenvalue weighted by Crippen LogP contribution is -2.18. The normalized spacial score (nSPS) is 12.1. The molecule has 7 nitrogen and oxygen atoms in total. The Kier molecular flexibility index (Phi) is 6.03. The Morgan fingerprint density at radius 3 is 2.52 bits per heavy atom. The Labute approximate surface area is 170 Å². The minimum absolute atomic E-state index is 0.0306. The number of hydrogen-bond acceptors (Lipinski definition) is 4. The van der Waals surface area contributed by atoms with Gasteiger partial charge in [0.15, 0.2) is 0 Å². The summed E-state index contributed by atoms with van der Waals surface area (Å²) in [4.78, 5) is 13.7. The summed E-state index contributed by atoms with van der Waals surface area (Å²) >= 11 is 0. The first kappa shape index (κ1) is 20.6. The number of para-hydroxylation sites is 1. The van der Waals surface area contributed by atoms with E-state index in [2.05, 4.69) is 23.8 Å². The second kappa shape index (κ2) is 8.48. The second-order valence-electron chi connectivity index (χ2n) is 7.29. The van der Waals surface area contributed by atoms with Crippen molar-refractivity contribution in [2.75, 3.05) is 0 Å². The molecule has 0 aliphatic heterocycles. The van der Waals surface area contributed by atoms with E-state index in [0.29, 0.717) is 11.5 Å². The second-order valence-corrected chi connectivity index (χ2v) is 8.95. The van der Waals surface area contributed by atoms with Crippen molar-refractivity contribution in [1.82, 2.24) is 9.40 Å². The Morgan fingerprint density at radius 2 is 1.86 bits per heavy atom. The largest absolute Gasteiger partial charge is 0.368 e. The smallest absolute Gasteiger partial charge is 0.276 e. The van der Waals surface area contributed by atoms with Gasteiger partial charge in [-0.15, -0.1) is 0 Å². The number of sulfonamides is 1. The van der Waals surface area contributed by atoms with Crippen molar-refractivity contribution in [1.29, 1.82) is 0 Å². The summed E-state index contributed by atoms with van der Waals surface area (Å²) in [5.41, 5.74) is 7.88. The first-order valence-corrected chi connectivity index (χ1v) is 10.7. The fraction of sp³-hybridized carbons (Fsp3) is 0.238. The van der Waals surface area contributed by atoms with Gasteiger partial charge in [-0.05, 0) is 36.1 Å². The van der Waals surface area contributed by atoms with Crippen molar-refractivity contribution < 1.29 is 13.2 Å². The van der Waals surface area contributed by atoms with Crippen LogP contribution in [0.4, 0.5) is 0 Å². The van der Waals surface area contributed by atoms with Gasteiger partial charge in [0.25, 0.3) is 10.0 Å². The zero-order chi connectivity index (χ0) is 21.0. The number of nitrogens with zero attached hydrogens (tertiary/aromatic N) is 2. The molecule has 0 unspecified atom stereocenters. The van der Waals surface area contributed by atoms with Gasteiger partial charge in [0.2, 0.25) is 5.91 Å². The molecule has 1 aromatic heterocycles. The van der Waals surface area contributed by atoms with Crippen LogP contribution in [-0.2, 0) is 27.8 Å². The van der Waals surface area contributed by atoms with Gasteiger partial charge >= 0.3 is 0 Å². The van der Waals surface area contributed by atoms with E-state index in [-0.39, 0.29) is 11.4 Å². The van der Waals surface area contributed by atoms with E-state index in [1.807, 2.05) is 36.4 Å². The first-order valence-electron chi connectivity index (χ1n) is 9.26. The number of carbonyl (C=O) groups excluding carboxylic acids is 1. The van der Waals surface area contributed by atoms with Gasteiger partial charge < -0.3 is 10.3 Å². The molecule has 1 amide bonds. The molecule has 0 aliphatic carbocycles. The molecule has 3 N–H and O–H groups in total. The Hall–Kier alpha value is -3.13. The van der Waals surface area contributed by atoms with Crippen LogP contribution >= 0.6 is 0 Å².